The first-order valence-electron chi connectivity index (χ1n) is 5.68. The van der Waals surface area contributed by atoms with Gasteiger partial charge in [0.05, 0.1) is 30.2 Å². The van der Waals surface area contributed by atoms with Gasteiger partial charge in [-0.2, -0.15) is 10.5 Å². The zero-order valence-corrected chi connectivity index (χ0v) is 12.0. The van der Waals surface area contributed by atoms with Gasteiger partial charge in [0.25, 0.3) is 0 Å². The molecule has 0 aliphatic heterocycles. The zero-order valence-electron chi connectivity index (χ0n) is 10.4. The van der Waals surface area contributed by atoms with E-state index >= 15 is 0 Å². The normalized spacial score (nSPS) is 12.3. The topological polar surface area (TPSA) is 59.9 Å². The Morgan fingerprint density at radius 2 is 2.11 bits per heavy atom. The quantitative estimate of drug-likeness (QED) is 0.777. The molecule has 0 radical (unpaired) electrons. The van der Waals surface area contributed by atoms with Gasteiger partial charge in [-0.05, 0) is 39.5 Å². The zero-order chi connectivity index (χ0) is 13.5. The van der Waals surface area contributed by atoms with Gasteiger partial charge in [0.2, 0.25) is 0 Å². The van der Waals surface area contributed by atoms with E-state index in [9.17, 15) is 0 Å². The number of aliphatic imine (C=N–C) groups is 1. The molecule has 0 aliphatic rings. The number of benzene rings is 1. The van der Waals surface area contributed by atoms with E-state index in [4.69, 9.17) is 10.5 Å². The summed E-state index contributed by atoms with van der Waals surface area (Å²) in [6, 6.07) is 9.97. The lowest BCUT2D eigenvalue weighted by molar-refractivity contribution is 0.865. The lowest BCUT2D eigenvalue weighted by Crippen LogP contribution is -1.96. The average molecular weight is 304 g/mol. The summed E-state index contributed by atoms with van der Waals surface area (Å²) in [7, 11) is 0. The second-order valence-corrected chi connectivity index (χ2v) is 5.10. The molecule has 4 heteroatoms. The molecule has 0 saturated heterocycles. The predicted molar refractivity (Wildman–Crippen MR) is 75.7 cm³/mol. The molecule has 3 nitrogen and oxygen atoms in total. The van der Waals surface area contributed by atoms with Crippen LogP contribution in [0.25, 0.3) is 0 Å². The van der Waals surface area contributed by atoms with E-state index < -0.39 is 5.92 Å². The molecule has 0 aromatic heterocycles. The van der Waals surface area contributed by atoms with Crippen LogP contribution in [0, 0.1) is 28.6 Å². The third kappa shape index (κ3) is 3.98. The van der Waals surface area contributed by atoms with Gasteiger partial charge >= 0.3 is 0 Å². The summed E-state index contributed by atoms with van der Waals surface area (Å²) in [5.74, 6) is 0.0106. The van der Waals surface area contributed by atoms with Crippen LogP contribution < -0.4 is 0 Å². The lowest BCUT2D eigenvalue weighted by atomic mass is 10.0. The van der Waals surface area contributed by atoms with Crippen LogP contribution >= 0.6 is 15.9 Å². The molecule has 1 rings (SSSR count). The fourth-order valence-electron chi connectivity index (χ4n) is 1.39. The molecule has 1 aromatic carbocycles. The fraction of sp³-hybridized carbons (Fsp3) is 0.357. The minimum atomic E-state index is -0.452. The Hall–Kier alpha value is -1.65. The molecule has 1 unspecified atom stereocenters. The van der Waals surface area contributed by atoms with Crippen LogP contribution in [0.2, 0.25) is 0 Å². The van der Waals surface area contributed by atoms with E-state index in [2.05, 4.69) is 34.8 Å². The summed E-state index contributed by atoms with van der Waals surface area (Å²) < 4.78 is 0.901. The highest BCUT2D eigenvalue weighted by molar-refractivity contribution is 9.10. The Bertz CT molecular complexity index is 521. The molecule has 0 fully saturated rings. The number of rotatable bonds is 4. The van der Waals surface area contributed by atoms with Gasteiger partial charge in [0.15, 0.2) is 0 Å². The summed E-state index contributed by atoms with van der Waals surface area (Å²) in [5, 5.41) is 17.4. The first-order valence-corrected chi connectivity index (χ1v) is 6.48. The highest BCUT2D eigenvalue weighted by Crippen LogP contribution is 2.29. The third-order valence-electron chi connectivity index (χ3n) is 2.51. The largest absolute Gasteiger partial charge is 0.259 e. The summed E-state index contributed by atoms with van der Waals surface area (Å²) in [5.41, 5.74) is 2.01. The maximum Gasteiger partial charge on any atom is 0.0945 e. The van der Waals surface area contributed by atoms with Gasteiger partial charge in [-0.1, -0.05) is 19.9 Å². The van der Waals surface area contributed by atoms with Gasteiger partial charge < -0.3 is 0 Å². The standard InChI is InChI=1S/C14H14BrN3/c1-10(2)12-3-4-14(13(15)7-12)18-9-11(8-17)5-6-16/h3-4,7,9-11H,5H2,1-2H3. The SMILES string of the molecule is CC(C)c1ccc(N=CC(C#N)CC#N)c(Br)c1. The van der Waals surface area contributed by atoms with Crippen molar-refractivity contribution in [1.82, 2.24) is 0 Å². The first kappa shape index (κ1) is 14.4. The third-order valence-corrected chi connectivity index (χ3v) is 3.14. The van der Waals surface area contributed by atoms with Crippen molar-refractivity contribution >= 4 is 27.8 Å². The van der Waals surface area contributed by atoms with E-state index in [1.165, 1.54) is 11.8 Å². The van der Waals surface area contributed by atoms with Gasteiger partial charge in [-0.15, -0.1) is 0 Å². The predicted octanol–water partition coefficient (Wildman–Crippen LogP) is 4.33. The van der Waals surface area contributed by atoms with Crippen LogP contribution in [-0.4, -0.2) is 6.21 Å². The summed E-state index contributed by atoms with van der Waals surface area (Å²) in [4.78, 5) is 4.25. The van der Waals surface area contributed by atoms with Crippen LogP contribution in [0.1, 0.15) is 31.7 Å². The molecular weight excluding hydrogens is 290 g/mol. The van der Waals surface area contributed by atoms with Gasteiger partial charge in [0, 0.05) is 10.7 Å². The Morgan fingerprint density at radius 1 is 1.39 bits per heavy atom. The van der Waals surface area contributed by atoms with Crippen LogP contribution in [0.4, 0.5) is 5.69 Å². The number of hydrogen-bond donors (Lipinski definition) is 0. The minimum absolute atomic E-state index is 0.168. The van der Waals surface area contributed by atoms with E-state index in [-0.39, 0.29) is 6.42 Å². The maximum absolute atomic E-state index is 8.82. The van der Waals surface area contributed by atoms with Crippen molar-refractivity contribution in [2.75, 3.05) is 0 Å². The smallest absolute Gasteiger partial charge is 0.0945 e. The minimum Gasteiger partial charge on any atom is -0.259 e. The van der Waals surface area contributed by atoms with Crippen LogP contribution in [0.5, 0.6) is 0 Å². The van der Waals surface area contributed by atoms with Gasteiger partial charge in [-0.25, -0.2) is 0 Å². The fourth-order valence-corrected chi connectivity index (χ4v) is 1.89. The molecule has 0 spiro atoms. The number of halogens is 1. The first-order chi connectivity index (χ1) is 8.58. The second kappa shape index (κ2) is 6.93. The molecule has 0 amide bonds. The second-order valence-electron chi connectivity index (χ2n) is 4.24. The van der Waals surface area contributed by atoms with E-state index in [1.807, 2.05) is 30.3 Å². The van der Waals surface area contributed by atoms with E-state index in [1.54, 1.807) is 0 Å². The van der Waals surface area contributed by atoms with Crippen molar-refractivity contribution in [1.29, 1.82) is 10.5 Å². The van der Waals surface area contributed by atoms with E-state index in [0.717, 1.165) is 10.2 Å². The Kier molecular flexibility index (Phi) is 5.55. The summed E-state index contributed by atoms with van der Waals surface area (Å²) in [6.45, 7) is 4.26. The number of nitrogens with zero attached hydrogens (tertiary/aromatic N) is 3. The van der Waals surface area contributed by atoms with Crippen molar-refractivity contribution in [2.24, 2.45) is 10.9 Å². The van der Waals surface area contributed by atoms with Crippen molar-refractivity contribution in [3.05, 3.63) is 28.2 Å². The maximum atomic E-state index is 8.82. The molecule has 0 heterocycles. The molecule has 0 bridgehead atoms. The Balaban J connectivity index is 2.89. The lowest BCUT2D eigenvalue weighted by Gasteiger charge is -2.07. The molecule has 1 aromatic rings. The van der Waals surface area contributed by atoms with Crippen LogP contribution in [0.3, 0.4) is 0 Å². The molecule has 0 saturated carbocycles. The molecular formula is C14H14BrN3. The molecule has 0 aliphatic carbocycles. The Labute approximate surface area is 116 Å². The van der Waals surface area contributed by atoms with Gasteiger partial charge in [-0.3, -0.25) is 4.99 Å². The number of nitriles is 2. The number of hydrogen-bond acceptors (Lipinski definition) is 3. The van der Waals surface area contributed by atoms with Crippen molar-refractivity contribution in [3.8, 4) is 12.1 Å². The average Bonchev–Trinajstić information content (AvgIpc) is 2.35. The van der Waals surface area contributed by atoms with Crippen molar-refractivity contribution in [2.45, 2.75) is 26.2 Å². The van der Waals surface area contributed by atoms with Crippen LogP contribution in [0.15, 0.2) is 27.7 Å². The van der Waals surface area contributed by atoms with Crippen molar-refractivity contribution < 1.29 is 0 Å². The summed E-state index contributed by atoms with van der Waals surface area (Å²) in [6.07, 6.45) is 1.69. The van der Waals surface area contributed by atoms with E-state index in [0.29, 0.717) is 5.92 Å². The highest BCUT2D eigenvalue weighted by atomic mass is 79.9. The van der Waals surface area contributed by atoms with Gasteiger partial charge in [0.1, 0.15) is 0 Å². The summed E-state index contributed by atoms with van der Waals surface area (Å²) >= 11 is 3.46. The molecule has 18 heavy (non-hydrogen) atoms. The monoisotopic (exact) mass is 303 g/mol. The van der Waals surface area contributed by atoms with Crippen molar-refractivity contribution in [3.63, 3.8) is 0 Å². The Morgan fingerprint density at radius 3 is 2.61 bits per heavy atom. The molecule has 92 valence electrons. The molecule has 1 atom stereocenters. The molecule has 0 N–H and O–H groups in total. The highest BCUT2D eigenvalue weighted by Gasteiger charge is 2.05. The van der Waals surface area contributed by atoms with Crippen LogP contribution in [-0.2, 0) is 0 Å².